The summed E-state index contributed by atoms with van der Waals surface area (Å²) < 4.78 is 1.79. The molecule has 1 aliphatic rings. The van der Waals surface area contributed by atoms with E-state index in [0.29, 0.717) is 41.3 Å². The molecule has 0 unspecified atom stereocenters. The van der Waals surface area contributed by atoms with Crippen LogP contribution in [0.1, 0.15) is 46.2 Å². The molecular formula is C23H27N7O2. The predicted molar refractivity (Wildman–Crippen MR) is 119 cm³/mol. The van der Waals surface area contributed by atoms with Crippen molar-refractivity contribution >= 4 is 5.78 Å². The van der Waals surface area contributed by atoms with Crippen molar-refractivity contribution in [1.29, 1.82) is 0 Å². The number of nitrogens with one attached hydrogen (secondary N) is 1. The van der Waals surface area contributed by atoms with Gasteiger partial charge >= 0.3 is 0 Å². The van der Waals surface area contributed by atoms with Gasteiger partial charge in [0.25, 0.3) is 0 Å². The largest absolute Gasteiger partial charge is 0.507 e. The van der Waals surface area contributed by atoms with Crippen molar-refractivity contribution in [3.8, 4) is 22.7 Å². The highest BCUT2D eigenvalue weighted by atomic mass is 16.3. The second-order valence-electron chi connectivity index (χ2n) is 9.94. The summed E-state index contributed by atoms with van der Waals surface area (Å²) in [5, 5.41) is 33.9. The highest BCUT2D eigenvalue weighted by molar-refractivity contribution is 5.70. The minimum Gasteiger partial charge on any atom is -0.507 e. The molecule has 5 rings (SSSR count). The Morgan fingerprint density at radius 2 is 1.66 bits per heavy atom. The molecular weight excluding hydrogens is 406 g/mol. The van der Waals surface area contributed by atoms with Gasteiger partial charge in [-0.05, 0) is 58.7 Å². The Kier molecular flexibility index (Phi) is 4.41. The summed E-state index contributed by atoms with van der Waals surface area (Å²) in [4.78, 5) is 10.8. The molecule has 1 fully saturated rings. The first kappa shape index (κ1) is 20.6. The van der Waals surface area contributed by atoms with Gasteiger partial charge in [-0.15, -0.1) is 0 Å². The summed E-state index contributed by atoms with van der Waals surface area (Å²) in [5.41, 5.74) is 0.893. The maximum Gasteiger partial charge on any atom is 0.234 e. The monoisotopic (exact) mass is 433 g/mol. The van der Waals surface area contributed by atoms with Gasteiger partial charge in [0.15, 0.2) is 0 Å². The van der Waals surface area contributed by atoms with Crippen LogP contribution in [-0.2, 0) is 5.60 Å². The standard InChI is InChI=1S/C23H27N7O2/c1-21(2)13-23(32,14-22(3,4)28-21)19-7-10-29-12-17(26-20(29)27-19)16-6-5-15(11-18(16)31)30-24-8-9-25-30/h5-12,28,31-32H,13-14H2,1-4H3. The molecule has 0 atom stereocenters. The summed E-state index contributed by atoms with van der Waals surface area (Å²) in [6.07, 6.45) is 7.91. The van der Waals surface area contributed by atoms with Gasteiger partial charge in [0.2, 0.25) is 5.78 Å². The molecule has 0 bridgehead atoms. The van der Waals surface area contributed by atoms with E-state index in [-0.39, 0.29) is 16.8 Å². The van der Waals surface area contributed by atoms with Gasteiger partial charge in [-0.3, -0.25) is 4.40 Å². The average molecular weight is 434 g/mol. The molecule has 9 nitrogen and oxygen atoms in total. The van der Waals surface area contributed by atoms with Crippen molar-refractivity contribution in [3.05, 3.63) is 54.7 Å². The summed E-state index contributed by atoms with van der Waals surface area (Å²) in [5.74, 6) is 0.543. The van der Waals surface area contributed by atoms with E-state index in [9.17, 15) is 10.2 Å². The third-order valence-corrected chi connectivity index (χ3v) is 5.86. The maximum absolute atomic E-state index is 11.6. The van der Waals surface area contributed by atoms with E-state index < -0.39 is 5.60 Å². The number of rotatable bonds is 3. The average Bonchev–Trinajstić information content (AvgIpc) is 3.34. The number of aromatic nitrogens is 6. The number of aliphatic hydroxyl groups is 1. The van der Waals surface area contributed by atoms with Crippen LogP contribution in [-0.4, -0.2) is 50.7 Å². The number of nitrogens with zero attached hydrogens (tertiary/aromatic N) is 6. The topological polar surface area (TPSA) is 113 Å². The van der Waals surface area contributed by atoms with Crippen molar-refractivity contribution < 1.29 is 10.2 Å². The summed E-state index contributed by atoms with van der Waals surface area (Å²) in [6, 6.07) is 7.05. The Bertz CT molecular complexity index is 1280. The number of hydrogen-bond acceptors (Lipinski definition) is 7. The fourth-order valence-corrected chi connectivity index (χ4v) is 5.18. The van der Waals surface area contributed by atoms with Gasteiger partial charge < -0.3 is 15.5 Å². The molecule has 0 radical (unpaired) electrons. The fourth-order valence-electron chi connectivity index (χ4n) is 5.18. The zero-order valence-corrected chi connectivity index (χ0v) is 18.6. The minimum atomic E-state index is -1.06. The van der Waals surface area contributed by atoms with E-state index in [0.717, 1.165) is 0 Å². The molecule has 1 saturated heterocycles. The molecule has 0 spiro atoms. The molecule has 4 heterocycles. The molecule has 1 aromatic carbocycles. The number of piperidine rings is 1. The minimum absolute atomic E-state index is 0.0731. The van der Waals surface area contributed by atoms with Gasteiger partial charge in [0, 0.05) is 35.1 Å². The van der Waals surface area contributed by atoms with Gasteiger partial charge in [-0.2, -0.15) is 15.0 Å². The number of aromatic hydroxyl groups is 1. The third kappa shape index (κ3) is 3.63. The number of benzene rings is 1. The maximum atomic E-state index is 11.6. The number of hydrogen-bond donors (Lipinski definition) is 3. The van der Waals surface area contributed by atoms with Crippen molar-refractivity contribution in [2.45, 2.75) is 57.2 Å². The zero-order chi connectivity index (χ0) is 22.7. The van der Waals surface area contributed by atoms with Crippen LogP contribution in [0.25, 0.3) is 22.7 Å². The van der Waals surface area contributed by atoms with Crippen LogP contribution in [0.4, 0.5) is 0 Å². The first-order chi connectivity index (χ1) is 15.0. The predicted octanol–water partition coefficient (Wildman–Crippen LogP) is 2.81. The van der Waals surface area contributed by atoms with E-state index in [4.69, 9.17) is 4.98 Å². The van der Waals surface area contributed by atoms with Crippen LogP contribution >= 0.6 is 0 Å². The van der Waals surface area contributed by atoms with Crippen molar-refractivity contribution in [2.24, 2.45) is 0 Å². The molecule has 3 aromatic heterocycles. The number of imidazole rings is 1. The third-order valence-electron chi connectivity index (χ3n) is 5.86. The quantitative estimate of drug-likeness (QED) is 0.455. The van der Waals surface area contributed by atoms with Crippen LogP contribution < -0.4 is 5.32 Å². The first-order valence-corrected chi connectivity index (χ1v) is 10.6. The van der Waals surface area contributed by atoms with Gasteiger partial charge in [0.1, 0.15) is 11.4 Å². The Balaban J connectivity index is 1.51. The summed E-state index contributed by atoms with van der Waals surface area (Å²) in [7, 11) is 0. The molecule has 0 saturated carbocycles. The van der Waals surface area contributed by atoms with E-state index in [1.807, 2.05) is 24.5 Å². The van der Waals surface area contributed by atoms with Crippen molar-refractivity contribution in [2.75, 3.05) is 0 Å². The Labute approximate surface area is 185 Å². The molecule has 32 heavy (non-hydrogen) atoms. The normalized spacial score (nSPS) is 19.3. The molecule has 0 amide bonds. The summed E-state index contributed by atoms with van der Waals surface area (Å²) >= 11 is 0. The van der Waals surface area contributed by atoms with Crippen molar-refractivity contribution in [1.82, 2.24) is 34.7 Å². The zero-order valence-electron chi connectivity index (χ0n) is 18.6. The SMILES string of the molecule is CC1(C)CC(O)(c2ccn3cc(-c4ccc(-n5nccn5)cc4O)nc3n2)CC(C)(C)N1. The number of phenols is 1. The first-order valence-electron chi connectivity index (χ1n) is 10.6. The van der Waals surface area contributed by atoms with Crippen LogP contribution in [0.15, 0.2) is 49.1 Å². The van der Waals surface area contributed by atoms with Gasteiger partial charge in [0.05, 0.1) is 29.5 Å². The van der Waals surface area contributed by atoms with Crippen LogP contribution in [0.3, 0.4) is 0 Å². The van der Waals surface area contributed by atoms with Gasteiger partial charge in [-0.25, -0.2) is 9.97 Å². The Morgan fingerprint density at radius 1 is 0.969 bits per heavy atom. The summed E-state index contributed by atoms with van der Waals surface area (Å²) in [6.45, 7) is 8.37. The Morgan fingerprint density at radius 3 is 2.31 bits per heavy atom. The molecule has 3 N–H and O–H groups in total. The number of fused-ring (bicyclic) bond motifs is 1. The van der Waals surface area contributed by atoms with E-state index >= 15 is 0 Å². The van der Waals surface area contributed by atoms with Crippen LogP contribution in [0, 0.1) is 0 Å². The van der Waals surface area contributed by atoms with Crippen LogP contribution in [0.2, 0.25) is 0 Å². The smallest absolute Gasteiger partial charge is 0.234 e. The van der Waals surface area contributed by atoms with Gasteiger partial charge in [-0.1, -0.05) is 0 Å². The fraction of sp³-hybridized carbons (Fsp3) is 0.391. The lowest BCUT2D eigenvalue weighted by Gasteiger charge is -2.50. The van der Waals surface area contributed by atoms with E-state index in [2.05, 4.69) is 48.2 Å². The molecule has 166 valence electrons. The second-order valence-corrected chi connectivity index (χ2v) is 9.94. The lowest BCUT2D eigenvalue weighted by molar-refractivity contribution is -0.0643. The second kappa shape index (κ2) is 6.85. The number of phenolic OH excluding ortho intramolecular Hbond substituents is 1. The molecule has 0 aliphatic carbocycles. The van der Waals surface area contributed by atoms with Crippen molar-refractivity contribution in [3.63, 3.8) is 0 Å². The lowest BCUT2D eigenvalue weighted by atomic mass is 9.71. The Hall–Kier alpha value is -3.30. The highest BCUT2D eigenvalue weighted by Gasteiger charge is 2.47. The highest BCUT2D eigenvalue weighted by Crippen LogP contribution is 2.42. The molecule has 4 aromatic rings. The van der Waals surface area contributed by atoms with E-state index in [1.165, 1.54) is 4.80 Å². The molecule has 9 heteroatoms. The van der Waals surface area contributed by atoms with E-state index in [1.54, 1.807) is 28.9 Å². The molecule has 1 aliphatic heterocycles. The van der Waals surface area contributed by atoms with Crippen LogP contribution in [0.5, 0.6) is 5.75 Å². The lowest BCUT2D eigenvalue weighted by Crippen LogP contribution is -2.62.